The van der Waals surface area contributed by atoms with E-state index in [1.165, 1.54) is 64.2 Å². The number of unbranched alkanes of at least 4 members (excludes halogenated alkanes) is 11. The Hall–Kier alpha value is -0.0800. The number of carbonyl (C=O) groups is 2. The van der Waals surface area contributed by atoms with Crippen molar-refractivity contribution in [3.63, 3.8) is 0 Å². The Kier molecular flexibility index (Phi) is 16.7. The molecular formula is C19H34Cl2O2. The van der Waals surface area contributed by atoms with E-state index in [0.29, 0.717) is 18.8 Å². The van der Waals surface area contributed by atoms with Crippen LogP contribution >= 0.6 is 23.2 Å². The second-order valence-electron chi connectivity index (χ2n) is 6.80. The van der Waals surface area contributed by atoms with Crippen molar-refractivity contribution in [1.29, 1.82) is 0 Å². The SMILES string of the molecule is CC(CCCCCCCCCCCCCCC(=O)Cl)CC(=O)Cl. The topological polar surface area (TPSA) is 34.1 Å². The van der Waals surface area contributed by atoms with Crippen molar-refractivity contribution in [2.24, 2.45) is 5.92 Å². The summed E-state index contributed by atoms with van der Waals surface area (Å²) in [6, 6.07) is 0. The van der Waals surface area contributed by atoms with Gasteiger partial charge < -0.3 is 0 Å². The smallest absolute Gasteiger partial charge is 0.221 e. The predicted octanol–water partition coefficient (Wildman–Crippen LogP) is 7.00. The van der Waals surface area contributed by atoms with Gasteiger partial charge in [0.05, 0.1) is 0 Å². The quantitative estimate of drug-likeness (QED) is 0.205. The maximum atomic E-state index is 10.8. The third-order valence-electron chi connectivity index (χ3n) is 4.33. The predicted molar refractivity (Wildman–Crippen MR) is 100 cm³/mol. The van der Waals surface area contributed by atoms with Gasteiger partial charge >= 0.3 is 0 Å². The van der Waals surface area contributed by atoms with Gasteiger partial charge in [0.25, 0.3) is 0 Å². The molecule has 0 aromatic rings. The van der Waals surface area contributed by atoms with Crippen molar-refractivity contribution in [2.45, 2.75) is 103 Å². The average molecular weight is 365 g/mol. The first-order valence-corrected chi connectivity index (χ1v) is 10.1. The van der Waals surface area contributed by atoms with E-state index in [9.17, 15) is 9.59 Å². The standard InChI is InChI=1S/C19H34Cl2O2/c1-17(16-19(21)23)14-12-10-8-6-4-2-3-5-7-9-11-13-15-18(20)22/h17H,2-16H2,1H3. The van der Waals surface area contributed by atoms with Crippen LogP contribution in [0.2, 0.25) is 0 Å². The van der Waals surface area contributed by atoms with Gasteiger partial charge in [-0.1, -0.05) is 84.0 Å². The highest BCUT2D eigenvalue weighted by molar-refractivity contribution is 6.63. The van der Waals surface area contributed by atoms with Crippen molar-refractivity contribution in [3.8, 4) is 0 Å². The number of halogens is 2. The minimum atomic E-state index is -0.204. The van der Waals surface area contributed by atoms with E-state index in [4.69, 9.17) is 23.2 Å². The second-order valence-corrected chi connectivity index (χ2v) is 7.64. The number of hydrogen-bond donors (Lipinski definition) is 0. The molecule has 0 aliphatic carbocycles. The molecule has 0 aliphatic heterocycles. The Morgan fingerprint density at radius 3 is 1.43 bits per heavy atom. The van der Waals surface area contributed by atoms with Crippen LogP contribution in [0.1, 0.15) is 103 Å². The van der Waals surface area contributed by atoms with Gasteiger partial charge in [-0.3, -0.25) is 9.59 Å². The van der Waals surface area contributed by atoms with E-state index in [2.05, 4.69) is 6.92 Å². The summed E-state index contributed by atoms with van der Waals surface area (Å²) >= 11 is 10.7. The van der Waals surface area contributed by atoms with Crippen LogP contribution < -0.4 is 0 Å². The van der Waals surface area contributed by atoms with Crippen LogP contribution in [-0.2, 0) is 9.59 Å². The number of hydrogen-bond acceptors (Lipinski definition) is 2. The van der Waals surface area contributed by atoms with Crippen LogP contribution in [0.4, 0.5) is 0 Å². The van der Waals surface area contributed by atoms with E-state index in [1.54, 1.807) is 0 Å². The highest BCUT2D eigenvalue weighted by Crippen LogP contribution is 2.16. The third-order valence-corrected chi connectivity index (χ3v) is 4.67. The monoisotopic (exact) mass is 364 g/mol. The molecule has 0 fully saturated rings. The molecule has 23 heavy (non-hydrogen) atoms. The summed E-state index contributed by atoms with van der Waals surface area (Å²) in [5.74, 6) is 0.433. The summed E-state index contributed by atoms with van der Waals surface area (Å²) in [6.45, 7) is 2.10. The molecule has 0 aromatic heterocycles. The van der Waals surface area contributed by atoms with E-state index in [-0.39, 0.29) is 10.5 Å². The summed E-state index contributed by atoms with van der Waals surface area (Å²) in [7, 11) is 0. The van der Waals surface area contributed by atoms with Gasteiger partial charge in [-0.25, -0.2) is 0 Å². The lowest BCUT2D eigenvalue weighted by molar-refractivity contribution is -0.113. The van der Waals surface area contributed by atoms with E-state index >= 15 is 0 Å². The van der Waals surface area contributed by atoms with Crippen LogP contribution in [0.5, 0.6) is 0 Å². The Morgan fingerprint density at radius 1 is 0.652 bits per heavy atom. The molecule has 0 aromatic carbocycles. The minimum absolute atomic E-state index is 0.202. The summed E-state index contributed by atoms with van der Waals surface area (Å²) < 4.78 is 0. The number of rotatable bonds is 17. The maximum Gasteiger partial charge on any atom is 0.221 e. The lowest BCUT2D eigenvalue weighted by atomic mass is 9.99. The maximum absolute atomic E-state index is 10.8. The fourth-order valence-electron chi connectivity index (χ4n) is 2.90. The van der Waals surface area contributed by atoms with Crippen LogP contribution in [0.25, 0.3) is 0 Å². The molecule has 4 heteroatoms. The van der Waals surface area contributed by atoms with Crippen LogP contribution in [0, 0.1) is 5.92 Å². The Bertz CT molecular complexity index is 306. The van der Waals surface area contributed by atoms with Crippen molar-refractivity contribution in [3.05, 3.63) is 0 Å². The fraction of sp³-hybridized carbons (Fsp3) is 0.895. The molecule has 0 aliphatic rings. The minimum Gasteiger partial charge on any atom is -0.281 e. The summed E-state index contributed by atoms with van der Waals surface area (Å²) in [5, 5.41) is -0.406. The fourth-order valence-corrected chi connectivity index (χ4v) is 3.30. The molecule has 0 bridgehead atoms. The highest BCUT2D eigenvalue weighted by Gasteiger charge is 2.06. The molecule has 1 atom stereocenters. The molecule has 2 nitrogen and oxygen atoms in total. The molecule has 1 unspecified atom stereocenters. The largest absolute Gasteiger partial charge is 0.281 e. The van der Waals surface area contributed by atoms with Gasteiger partial charge in [0, 0.05) is 12.8 Å². The Morgan fingerprint density at radius 2 is 1.04 bits per heavy atom. The van der Waals surface area contributed by atoms with Gasteiger partial charge in [0.15, 0.2) is 0 Å². The van der Waals surface area contributed by atoms with E-state index < -0.39 is 0 Å². The molecule has 136 valence electrons. The van der Waals surface area contributed by atoms with Crippen LogP contribution in [-0.4, -0.2) is 10.5 Å². The van der Waals surface area contributed by atoms with Gasteiger partial charge in [0.2, 0.25) is 10.5 Å². The van der Waals surface area contributed by atoms with Crippen molar-refractivity contribution in [2.75, 3.05) is 0 Å². The van der Waals surface area contributed by atoms with Gasteiger partial charge in [-0.2, -0.15) is 0 Å². The molecule has 0 heterocycles. The molecule has 0 saturated carbocycles. The third kappa shape index (κ3) is 19.9. The highest BCUT2D eigenvalue weighted by atomic mass is 35.5. The lowest BCUT2D eigenvalue weighted by Crippen LogP contribution is -1.99. The van der Waals surface area contributed by atoms with Crippen LogP contribution in [0.3, 0.4) is 0 Å². The summed E-state index contributed by atoms with van der Waals surface area (Å²) in [4.78, 5) is 21.3. The van der Waals surface area contributed by atoms with Crippen molar-refractivity contribution >= 4 is 33.7 Å². The first-order valence-electron chi connectivity index (χ1n) is 9.39. The van der Waals surface area contributed by atoms with E-state index in [0.717, 1.165) is 19.3 Å². The first-order chi connectivity index (χ1) is 11.0. The zero-order valence-electron chi connectivity index (χ0n) is 14.8. The molecule has 0 spiro atoms. The first kappa shape index (κ1) is 22.9. The van der Waals surface area contributed by atoms with Gasteiger partial charge in [-0.05, 0) is 35.5 Å². The second kappa shape index (κ2) is 16.8. The molecule has 0 N–H and O–H groups in total. The van der Waals surface area contributed by atoms with Crippen molar-refractivity contribution < 1.29 is 9.59 Å². The molecule has 0 rings (SSSR count). The Labute approximate surface area is 152 Å². The van der Waals surface area contributed by atoms with E-state index in [1.807, 2.05) is 0 Å². The van der Waals surface area contributed by atoms with Gasteiger partial charge in [-0.15, -0.1) is 0 Å². The average Bonchev–Trinajstić information content (AvgIpc) is 2.46. The van der Waals surface area contributed by atoms with Crippen LogP contribution in [0.15, 0.2) is 0 Å². The zero-order valence-corrected chi connectivity index (χ0v) is 16.3. The normalized spacial score (nSPS) is 12.3. The summed E-state index contributed by atoms with van der Waals surface area (Å²) in [6.07, 6.45) is 17.2. The number of carbonyl (C=O) groups excluding carboxylic acids is 2. The zero-order chi connectivity index (χ0) is 17.3. The summed E-state index contributed by atoms with van der Waals surface area (Å²) in [5.41, 5.74) is 0. The molecule has 0 amide bonds. The lowest BCUT2D eigenvalue weighted by Gasteiger charge is -2.08. The van der Waals surface area contributed by atoms with Gasteiger partial charge in [0.1, 0.15) is 0 Å². The Balaban J connectivity index is 3.10. The molecule has 0 radical (unpaired) electrons. The molecule has 0 saturated heterocycles. The van der Waals surface area contributed by atoms with Crippen molar-refractivity contribution in [1.82, 2.24) is 0 Å². The molecular weight excluding hydrogens is 331 g/mol.